The molecule has 31 heavy (non-hydrogen) atoms. The van der Waals surface area contributed by atoms with Gasteiger partial charge in [0, 0.05) is 33.1 Å². The quantitative estimate of drug-likeness (QED) is 0.530. The zero-order chi connectivity index (χ0) is 21.5. The third-order valence-corrected chi connectivity index (χ3v) is 6.25. The number of nitrogens with two attached hydrogens (primary N) is 1. The summed E-state index contributed by atoms with van der Waals surface area (Å²) >= 11 is 1.55. The van der Waals surface area contributed by atoms with Crippen molar-refractivity contribution in [3.8, 4) is 16.3 Å². The van der Waals surface area contributed by atoms with Crippen LogP contribution in [0, 0.1) is 5.82 Å². The molecule has 3 aromatic heterocycles. The Balaban J connectivity index is 1.63. The molecule has 4 heterocycles. The van der Waals surface area contributed by atoms with E-state index in [0.717, 1.165) is 4.88 Å². The summed E-state index contributed by atoms with van der Waals surface area (Å²) in [6.07, 6.45) is 0. The average molecular weight is 438 g/mol. The first-order chi connectivity index (χ1) is 15.0. The molecule has 0 unspecified atom stereocenters. The lowest BCUT2D eigenvalue weighted by atomic mass is 10.2. The van der Waals surface area contributed by atoms with Crippen LogP contribution in [0.15, 0.2) is 41.8 Å². The molecule has 1 aliphatic rings. The second-order valence-electron chi connectivity index (χ2n) is 7.32. The van der Waals surface area contributed by atoms with Crippen molar-refractivity contribution < 1.29 is 9.18 Å². The highest BCUT2D eigenvalue weighted by Crippen LogP contribution is 2.35. The Bertz CT molecular complexity index is 1260. The zero-order valence-electron chi connectivity index (χ0n) is 16.8. The molecule has 0 spiro atoms. The number of nitrogen functional groups attached to an aromatic ring is 1. The van der Waals surface area contributed by atoms with Gasteiger partial charge in [0.2, 0.25) is 11.9 Å². The molecule has 0 radical (unpaired) electrons. The Morgan fingerprint density at radius 2 is 1.94 bits per heavy atom. The molecule has 2 N–H and O–H groups in total. The van der Waals surface area contributed by atoms with E-state index < -0.39 is 0 Å². The van der Waals surface area contributed by atoms with E-state index in [0.29, 0.717) is 60.4 Å². The monoisotopic (exact) mass is 437 g/mol. The number of halogens is 1. The van der Waals surface area contributed by atoms with E-state index in [-0.39, 0.29) is 11.7 Å². The summed E-state index contributed by atoms with van der Waals surface area (Å²) in [5, 5.41) is 7.19. The highest BCUT2D eigenvalue weighted by molar-refractivity contribution is 7.13. The molecule has 1 saturated heterocycles. The molecule has 10 heteroatoms. The van der Waals surface area contributed by atoms with Crippen LogP contribution < -0.4 is 10.6 Å². The van der Waals surface area contributed by atoms with Crippen LogP contribution in [0.2, 0.25) is 0 Å². The Labute approximate surface area is 181 Å². The van der Waals surface area contributed by atoms with Crippen molar-refractivity contribution in [2.24, 2.45) is 0 Å². The van der Waals surface area contributed by atoms with Gasteiger partial charge in [0.05, 0.1) is 21.6 Å². The Kier molecular flexibility index (Phi) is 4.78. The van der Waals surface area contributed by atoms with E-state index in [2.05, 4.69) is 10.1 Å². The molecule has 158 valence electrons. The van der Waals surface area contributed by atoms with Gasteiger partial charge in [0.15, 0.2) is 5.65 Å². The molecule has 8 nitrogen and oxygen atoms in total. The van der Waals surface area contributed by atoms with Gasteiger partial charge in [-0.2, -0.15) is 4.98 Å². The zero-order valence-corrected chi connectivity index (χ0v) is 17.6. The fourth-order valence-corrected chi connectivity index (χ4v) is 4.48. The number of carbonyl (C=O) groups is 1. The molecule has 0 atom stereocenters. The lowest BCUT2D eigenvalue weighted by Gasteiger charge is -2.34. The van der Waals surface area contributed by atoms with Crippen molar-refractivity contribution in [1.29, 1.82) is 0 Å². The molecule has 1 aliphatic heterocycles. The first kappa shape index (κ1) is 19.4. The maximum Gasteiger partial charge on any atom is 0.228 e. The number of amides is 1. The van der Waals surface area contributed by atoms with Crippen LogP contribution in [0.25, 0.3) is 27.3 Å². The van der Waals surface area contributed by atoms with Crippen LogP contribution in [0.5, 0.6) is 0 Å². The second-order valence-corrected chi connectivity index (χ2v) is 8.27. The molecule has 5 rings (SSSR count). The van der Waals surface area contributed by atoms with Crippen LogP contribution in [0.3, 0.4) is 0 Å². The lowest BCUT2D eigenvalue weighted by Crippen LogP contribution is -2.48. The largest absolute Gasteiger partial charge is 0.383 e. The van der Waals surface area contributed by atoms with Gasteiger partial charge >= 0.3 is 0 Å². The second kappa shape index (κ2) is 7.62. The fourth-order valence-electron chi connectivity index (χ4n) is 3.76. The van der Waals surface area contributed by atoms with Gasteiger partial charge < -0.3 is 15.5 Å². The number of hydrogen-bond acceptors (Lipinski definition) is 7. The first-order valence-electron chi connectivity index (χ1n) is 9.88. The minimum Gasteiger partial charge on any atom is -0.383 e. The third-order valence-electron chi connectivity index (χ3n) is 5.37. The van der Waals surface area contributed by atoms with Gasteiger partial charge in [-0.3, -0.25) is 4.79 Å². The van der Waals surface area contributed by atoms with E-state index in [1.54, 1.807) is 30.4 Å². The van der Waals surface area contributed by atoms with E-state index in [9.17, 15) is 9.18 Å². The smallest absolute Gasteiger partial charge is 0.228 e. The van der Waals surface area contributed by atoms with E-state index in [4.69, 9.17) is 10.7 Å². The van der Waals surface area contributed by atoms with Crippen molar-refractivity contribution in [3.05, 3.63) is 47.6 Å². The summed E-state index contributed by atoms with van der Waals surface area (Å²) in [6.45, 7) is 4.08. The number of rotatable bonds is 3. The van der Waals surface area contributed by atoms with E-state index in [1.165, 1.54) is 16.8 Å². The molecule has 1 fully saturated rings. The number of benzene rings is 1. The predicted molar refractivity (Wildman–Crippen MR) is 119 cm³/mol. The molecular formula is C21H20FN7OS. The standard InChI is InChI=1S/C21H20FN7OS/c1-13(30)27-7-9-28(10-8-27)21-24-18(16-6-3-11-31-16)17-19(23)29(26-20(17)25-21)15-5-2-4-14(22)12-15/h2-6,11-12H,7-10,23H2,1H3. The third kappa shape index (κ3) is 3.48. The van der Waals surface area contributed by atoms with Crippen molar-refractivity contribution in [3.63, 3.8) is 0 Å². The highest BCUT2D eigenvalue weighted by Gasteiger charge is 2.25. The average Bonchev–Trinajstić information content (AvgIpc) is 3.42. The molecular weight excluding hydrogens is 417 g/mol. The Morgan fingerprint density at radius 1 is 1.13 bits per heavy atom. The number of fused-ring (bicyclic) bond motifs is 1. The molecule has 1 amide bonds. The fraction of sp³-hybridized carbons (Fsp3) is 0.238. The highest BCUT2D eigenvalue weighted by atomic mass is 32.1. The number of carbonyl (C=O) groups excluding carboxylic acids is 1. The first-order valence-corrected chi connectivity index (χ1v) is 10.8. The van der Waals surface area contributed by atoms with Crippen molar-refractivity contribution in [1.82, 2.24) is 24.6 Å². The van der Waals surface area contributed by atoms with Crippen LogP contribution in [0.1, 0.15) is 6.92 Å². The van der Waals surface area contributed by atoms with Crippen molar-refractivity contribution in [2.45, 2.75) is 6.92 Å². The van der Waals surface area contributed by atoms with Gasteiger partial charge in [-0.1, -0.05) is 12.1 Å². The molecule has 0 aliphatic carbocycles. The Hall–Kier alpha value is -3.53. The van der Waals surface area contributed by atoms with Crippen LogP contribution >= 0.6 is 11.3 Å². The van der Waals surface area contributed by atoms with Gasteiger partial charge in [-0.25, -0.2) is 14.1 Å². The van der Waals surface area contributed by atoms with Gasteiger partial charge in [-0.05, 0) is 29.6 Å². The number of anilines is 2. The molecule has 4 aromatic rings. The predicted octanol–water partition coefficient (Wildman–Crippen LogP) is 2.93. The SMILES string of the molecule is CC(=O)N1CCN(c2nc(-c3cccs3)c3c(N)n(-c4cccc(F)c4)nc3n2)CC1. The number of thiophene rings is 1. The maximum absolute atomic E-state index is 13.8. The minimum atomic E-state index is -0.370. The van der Waals surface area contributed by atoms with Crippen LogP contribution in [0.4, 0.5) is 16.2 Å². The summed E-state index contributed by atoms with van der Waals surface area (Å²) in [5.41, 5.74) is 8.12. The van der Waals surface area contributed by atoms with Crippen LogP contribution in [-0.4, -0.2) is 56.7 Å². The van der Waals surface area contributed by atoms with Gasteiger partial charge in [0.25, 0.3) is 0 Å². The summed E-state index contributed by atoms with van der Waals surface area (Å²) in [5.74, 6) is 0.599. The summed E-state index contributed by atoms with van der Waals surface area (Å²) in [6, 6.07) is 10.0. The topological polar surface area (TPSA) is 93.2 Å². The maximum atomic E-state index is 13.8. The van der Waals surface area contributed by atoms with E-state index >= 15 is 0 Å². The number of piperazine rings is 1. The minimum absolute atomic E-state index is 0.0666. The molecule has 0 saturated carbocycles. The lowest BCUT2D eigenvalue weighted by molar-refractivity contribution is -0.129. The van der Waals surface area contributed by atoms with Crippen molar-refractivity contribution >= 4 is 40.0 Å². The number of nitrogens with zero attached hydrogens (tertiary/aromatic N) is 6. The molecule has 0 bridgehead atoms. The molecule has 1 aromatic carbocycles. The summed E-state index contributed by atoms with van der Waals surface area (Å²) in [4.78, 5) is 26.0. The summed E-state index contributed by atoms with van der Waals surface area (Å²) < 4.78 is 15.3. The number of aromatic nitrogens is 4. The van der Waals surface area contributed by atoms with Crippen LogP contribution in [-0.2, 0) is 4.79 Å². The Morgan fingerprint density at radius 3 is 2.61 bits per heavy atom. The van der Waals surface area contributed by atoms with Gasteiger partial charge in [0.1, 0.15) is 11.6 Å². The van der Waals surface area contributed by atoms with E-state index in [1.807, 2.05) is 27.3 Å². The summed E-state index contributed by atoms with van der Waals surface area (Å²) in [7, 11) is 0. The number of hydrogen-bond donors (Lipinski definition) is 1. The van der Waals surface area contributed by atoms with Crippen molar-refractivity contribution in [2.75, 3.05) is 36.8 Å². The normalized spacial score (nSPS) is 14.4. The van der Waals surface area contributed by atoms with Gasteiger partial charge in [-0.15, -0.1) is 16.4 Å².